The quantitative estimate of drug-likeness (QED) is 0.242. The lowest BCUT2D eigenvalue weighted by atomic mass is 10.0. The minimum Gasteiger partial charge on any atom is -0.141 e. The van der Waals surface area contributed by atoms with Crippen molar-refractivity contribution in [3.05, 3.63) is 57.3 Å². The van der Waals surface area contributed by atoms with Gasteiger partial charge in [-0.3, -0.25) is 0 Å². The molecule has 0 spiro atoms. The van der Waals surface area contributed by atoms with Crippen LogP contribution in [0.15, 0.2) is 36.4 Å². The van der Waals surface area contributed by atoms with Gasteiger partial charge in [0, 0.05) is 49.1 Å². The van der Waals surface area contributed by atoms with Crippen molar-refractivity contribution in [1.29, 1.82) is 0 Å². The van der Waals surface area contributed by atoms with Gasteiger partial charge in [0.25, 0.3) is 0 Å². The van der Waals surface area contributed by atoms with Crippen LogP contribution in [-0.4, -0.2) is 0 Å². The molecule has 0 unspecified atom stereocenters. The number of fused-ring (bicyclic) bond motifs is 6. The molecule has 0 saturated carbocycles. The van der Waals surface area contributed by atoms with Crippen molar-refractivity contribution in [3.8, 4) is 9.75 Å². The highest BCUT2D eigenvalue weighted by molar-refractivity contribution is 7.32. The van der Waals surface area contributed by atoms with Gasteiger partial charge in [0.05, 0.1) is 0 Å². The zero-order valence-corrected chi connectivity index (χ0v) is 19.4. The molecule has 0 aliphatic carbocycles. The smallest absolute Gasteiger partial charge is 0.0493 e. The lowest BCUT2D eigenvalue weighted by molar-refractivity contribution is 1.48. The number of rotatable bonds is 1. The van der Waals surface area contributed by atoms with Gasteiger partial charge in [0.2, 0.25) is 0 Å². The monoisotopic (exact) mass is 434 g/mol. The number of benzene rings is 2. The first-order chi connectivity index (χ1) is 13.5. The van der Waals surface area contributed by atoms with Crippen LogP contribution in [-0.2, 0) is 0 Å². The van der Waals surface area contributed by atoms with E-state index in [2.05, 4.69) is 64.1 Å². The summed E-state index contributed by atoms with van der Waals surface area (Å²) in [4.78, 5) is 5.69. The standard InChI is InChI=1S/C24H18S4/c1-11-9-17-15-6-8-20-18(16(15)5-7-19(17)25-11)10-21(27-20)22-13(3)24-23(28-22)12(2)14(4)26-24/h5-10H,1-4H3. The number of thiophene rings is 4. The maximum Gasteiger partial charge on any atom is 0.0493 e. The average molecular weight is 435 g/mol. The van der Waals surface area contributed by atoms with Crippen LogP contribution in [0.25, 0.3) is 50.1 Å². The molecular weight excluding hydrogens is 417 g/mol. The van der Waals surface area contributed by atoms with Crippen LogP contribution in [0.3, 0.4) is 0 Å². The molecule has 0 N–H and O–H groups in total. The summed E-state index contributed by atoms with van der Waals surface area (Å²) in [6.07, 6.45) is 0. The summed E-state index contributed by atoms with van der Waals surface area (Å²) in [5.74, 6) is 0. The molecule has 4 heterocycles. The Labute approximate surface area is 179 Å². The Hall–Kier alpha value is -1.72. The first-order valence-corrected chi connectivity index (χ1v) is 12.6. The maximum atomic E-state index is 2.43. The average Bonchev–Trinajstić information content (AvgIpc) is 3.40. The van der Waals surface area contributed by atoms with Crippen LogP contribution in [0, 0.1) is 27.7 Å². The Morgan fingerprint density at radius 2 is 1.21 bits per heavy atom. The highest BCUT2D eigenvalue weighted by atomic mass is 32.1. The molecule has 6 aromatic rings. The van der Waals surface area contributed by atoms with Crippen molar-refractivity contribution >= 4 is 85.7 Å². The largest absolute Gasteiger partial charge is 0.141 e. The first kappa shape index (κ1) is 17.2. The first-order valence-electron chi connectivity index (χ1n) is 9.36. The van der Waals surface area contributed by atoms with E-state index in [1.807, 2.05) is 45.3 Å². The van der Waals surface area contributed by atoms with E-state index >= 15 is 0 Å². The van der Waals surface area contributed by atoms with Crippen LogP contribution in [0.5, 0.6) is 0 Å². The molecule has 4 aromatic heterocycles. The maximum absolute atomic E-state index is 2.43. The summed E-state index contributed by atoms with van der Waals surface area (Å²) in [6, 6.07) is 14.0. The van der Waals surface area contributed by atoms with E-state index in [4.69, 9.17) is 0 Å². The Morgan fingerprint density at radius 3 is 1.93 bits per heavy atom. The molecule has 0 bridgehead atoms. The summed E-state index contributed by atoms with van der Waals surface area (Å²) in [5.41, 5.74) is 2.91. The third kappa shape index (κ3) is 2.26. The molecule has 0 nitrogen and oxygen atoms in total. The second-order valence-electron chi connectivity index (χ2n) is 7.52. The van der Waals surface area contributed by atoms with E-state index in [9.17, 15) is 0 Å². The number of aryl methyl sites for hydroxylation is 4. The summed E-state index contributed by atoms with van der Waals surface area (Å²) in [7, 11) is 0. The molecule has 2 aromatic carbocycles. The van der Waals surface area contributed by atoms with Crippen molar-refractivity contribution < 1.29 is 0 Å². The highest BCUT2D eigenvalue weighted by Crippen LogP contribution is 2.48. The van der Waals surface area contributed by atoms with Gasteiger partial charge in [0.1, 0.15) is 0 Å². The SMILES string of the molecule is Cc1cc2c(ccc3c4cc(-c5sc6c(C)c(C)sc6c5C)sc4ccc23)s1. The van der Waals surface area contributed by atoms with Gasteiger partial charge in [0.15, 0.2) is 0 Å². The fourth-order valence-electron chi connectivity index (χ4n) is 4.18. The molecule has 0 fully saturated rings. The van der Waals surface area contributed by atoms with Crippen molar-refractivity contribution in [2.75, 3.05) is 0 Å². The zero-order valence-electron chi connectivity index (χ0n) is 16.1. The van der Waals surface area contributed by atoms with Crippen LogP contribution < -0.4 is 0 Å². The fraction of sp³-hybridized carbons (Fsp3) is 0.167. The van der Waals surface area contributed by atoms with Crippen LogP contribution in [0.2, 0.25) is 0 Å². The van der Waals surface area contributed by atoms with Gasteiger partial charge >= 0.3 is 0 Å². The summed E-state index contributed by atoms with van der Waals surface area (Å²) >= 11 is 7.75. The van der Waals surface area contributed by atoms with Crippen molar-refractivity contribution in [2.24, 2.45) is 0 Å². The van der Waals surface area contributed by atoms with Crippen molar-refractivity contribution in [1.82, 2.24) is 0 Å². The fourth-order valence-corrected chi connectivity index (χ4v) is 9.05. The van der Waals surface area contributed by atoms with Crippen LogP contribution >= 0.6 is 45.3 Å². The van der Waals surface area contributed by atoms with E-state index in [0.29, 0.717) is 0 Å². The van der Waals surface area contributed by atoms with Gasteiger partial charge in [-0.1, -0.05) is 12.1 Å². The molecule has 0 radical (unpaired) electrons. The molecule has 4 heteroatoms. The molecule has 28 heavy (non-hydrogen) atoms. The minimum absolute atomic E-state index is 1.38. The van der Waals surface area contributed by atoms with E-state index in [-0.39, 0.29) is 0 Å². The Balaban J connectivity index is 1.64. The van der Waals surface area contributed by atoms with Crippen LogP contribution in [0.1, 0.15) is 20.9 Å². The van der Waals surface area contributed by atoms with Crippen molar-refractivity contribution in [2.45, 2.75) is 27.7 Å². The highest BCUT2D eigenvalue weighted by Gasteiger charge is 2.18. The lowest BCUT2D eigenvalue weighted by Gasteiger charge is -2.01. The Bertz CT molecular complexity index is 1550. The topological polar surface area (TPSA) is 0 Å². The molecule has 0 atom stereocenters. The summed E-state index contributed by atoms with van der Waals surface area (Å²) in [6.45, 7) is 9.00. The summed E-state index contributed by atoms with van der Waals surface area (Å²) < 4.78 is 5.73. The third-order valence-electron chi connectivity index (χ3n) is 5.76. The van der Waals surface area contributed by atoms with E-state index in [0.717, 1.165) is 0 Å². The number of hydrogen-bond donors (Lipinski definition) is 0. The molecule has 0 amide bonds. The van der Waals surface area contributed by atoms with E-state index in [1.165, 1.54) is 71.0 Å². The predicted octanol–water partition coefficient (Wildman–Crippen LogP) is 9.45. The molecule has 0 aliphatic heterocycles. The zero-order chi connectivity index (χ0) is 19.2. The summed E-state index contributed by atoms with van der Waals surface area (Å²) in [5, 5.41) is 5.56. The van der Waals surface area contributed by atoms with E-state index in [1.54, 1.807) is 0 Å². The molecule has 6 rings (SSSR count). The molecule has 0 saturated heterocycles. The van der Waals surface area contributed by atoms with Gasteiger partial charge in [-0.25, -0.2) is 0 Å². The second-order valence-corrected chi connectivity index (χ2v) is 12.1. The van der Waals surface area contributed by atoms with E-state index < -0.39 is 0 Å². The molecule has 138 valence electrons. The molecule has 0 aliphatic rings. The number of hydrogen-bond acceptors (Lipinski definition) is 4. The van der Waals surface area contributed by atoms with Gasteiger partial charge in [-0.2, -0.15) is 0 Å². The third-order valence-corrected chi connectivity index (χ3v) is 10.9. The Kier molecular flexibility index (Phi) is 3.61. The normalized spacial score (nSPS) is 12.3. The molecular formula is C24H18S4. The minimum atomic E-state index is 1.38. The van der Waals surface area contributed by atoms with Gasteiger partial charge < -0.3 is 0 Å². The lowest BCUT2D eigenvalue weighted by Crippen LogP contribution is -1.74. The van der Waals surface area contributed by atoms with Gasteiger partial charge in [-0.15, -0.1) is 45.3 Å². The second kappa shape index (κ2) is 5.90. The predicted molar refractivity (Wildman–Crippen MR) is 132 cm³/mol. The Morgan fingerprint density at radius 1 is 0.571 bits per heavy atom. The van der Waals surface area contributed by atoms with Crippen LogP contribution in [0.4, 0.5) is 0 Å². The van der Waals surface area contributed by atoms with Crippen molar-refractivity contribution in [3.63, 3.8) is 0 Å². The van der Waals surface area contributed by atoms with Gasteiger partial charge in [-0.05, 0) is 73.9 Å².